The molecule has 1 N–H and O–H groups in total. The summed E-state index contributed by atoms with van der Waals surface area (Å²) in [7, 11) is 0. The van der Waals surface area contributed by atoms with Gasteiger partial charge in [0.15, 0.2) is 6.61 Å². The molecule has 29 heavy (non-hydrogen) atoms. The lowest BCUT2D eigenvalue weighted by molar-refractivity contribution is -0.124. The summed E-state index contributed by atoms with van der Waals surface area (Å²) in [5.41, 5.74) is 0.529. The summed E-state index contributed by atoms with van der Waals surface area (Å²) in [6.07, 6.45) is 0. The predicted octanol–water partition coefficient (Wildman–Crippen LogP) is 4.57. The van der Waals surface area contributed by atoms with Gasteiger partial charge in [-0.2, -0.15) is 0 Å². The number of ether oxygens (including phenoxy) is 1. The maximum Gasteiger partial charge on any atom is 0.344 e. The van der Waals surface area contributed by atoms with Crippen molar-refractivity contribution in [1.29, 1.82) is 0 Å². The van der Waals surface area contributed by atoms with Gasteiger partial charge in [-0.05, 0) is 36.8 Å². The number of halogens is 3. The molecule has 1 amide bonds. The smallest absolute Gasteiger partial charge is 0.344 e. The third kappa shape index (κ3) is 4.93. The number of aromatic nitrogens is 1. The fraction of sp³-hybridized carbons (Fsp3) is 0.150. The van der Waals surface area contributed by atoms with Gasteiger partial charge >= 0.3 is 5.97 Å². The van der Waals surface area contributed by atoms with Crippen LogP contribution < -0.4 is 5.32 Å². The van der Waals surface area contributed by atoms with E-state index in [1.807, 2.05) is 0 Å². The molecule has 3 aromatic rings. The van der Waals surface area contributed by atoms with Gasteiger partial charge < -0.3 is 14.6 Å². The number of carbonyl (C=O) groups is 2. The van der Waals surface area contributed by atoms with Gasteiger partial charge in [0.2, 0.25) is 0 Å². The fourth-order valence-electron chi connectivity index (χ4n) is 2.61. The first kappa shape index (κ1) is 20.8. The number of esters is 1. The van der Waals surface area contributed by atoms with Crippen LogP contribution in [-0.4, -0.2) is 23.6 Å². The number of benzene rings is 2. The second-order valence-corrected chi connectivity index (χ2v) is 6.89. The molecule has 0 bridgehead atoms. The number of carbonyl (C=O) groups excluding carboxylic acids is 2. The van der Waals surface area contributed by atoms with Gasteiger partial charge in [0.25, 0.3) is 5.91 Å². The molecular weight excluding hydrogens is 422 g/mol. The van der Waals surface area contributed by atoms with Crippen molar-refractivity contribution in [2.45, 2.75) is 13.5 Å². The van der Waals surface area contributed by atoms with Gasteiger partial charge in [-0.3, -0.25) is 4.79 Å². The number of nitrogens with zero attached hydrogens (tertiary/aromatic N) is 1. The van der Waals surface area contributed by atoms with E-state index in [1.54, 1.807) is 24.3 Å². The van der Waals surface area contributed by atoms with E-state index >= 15 is 0 Å². The van der Waals surface area contributed by atoms with Crippen molar-refractivity contribution in [2.75, 3.05) is 6.61 Å². The van der Waals surface area contributed by atoms with Crippen LogP contribution >= 0.6 is 23.2 Å². The lowest BCUT2D eigenvalue weighted by atomic mass is 10.1. The monoisotopic (exact) mass is 436 g/mol. The SMILES string of the molecule is Cc1onc(-c2c(F)cccc2Cl)c1C(=O)OCC(=O)NCc1cccc(Cl)c1. The maximum absolute atomic E-state index is 14.2. The first-order valence-corrected chi connectivity index (χ1v) is 9.21. The van der Waals surface area contributed by atoms with Crippen LogP contribution in [0, 0.1) is 12.7 Å². The van der Waals surface area contributed by atoms with Crippen LogP contribution in [0.25, 0.3) is 11.3 Å². The van der Waals surface area contributed by atoms with Gasteiger partial charge in [-0.25, -0.2) is 9.18 Å². The van der Waals surface area contributed by atoms with Crippen molar-refractivity contribution in [2.24, 2.45) is 0 Å². The Labute approximate surface area is 175 Å². The molecule has 2 aromatic carbocycles. The zero-order chi connectivity index (χ0) is 21.0. The first-order valence-electron chi connectivity index (χ1n) is 8.45. The molecule has 0 saturated heterocycles. The van der Waals surface area contributed by atoms with E-state index in [-0.39, 0.29) is 34.1 Å². The molecule has 1 heterocycles. The molecule has 1 aromatic heterocycles. The van der Waals surface area contributed by atoms with Crippen molar-refractivity contribution in [3.8, 4) is 11.3 Å². The number of nitrogens with one attached hydrogen (secondary N) is 1. The van der Waals surface area contributed by atoms with Crippen LogP contribution in [0.3, 0.4) is 0 Å². The Hall–Kier alpha value is -2.90. The molecule has 0 saturated carbocycles. The first-order chi connectivity index (χ1) is 13.9. The van der Waals surface area contributed by atoms with Gasteiger partial charge in [-0.15, -0.1) is 0 Å². The van der Waals surface area contributed by atoms with Crippen molar-refractivity contribution in [1.82, 2.24) is 10.5 Å². The third-order valence-corrected chi connectivity index (χ3v) is 4.53. The third-order valence-electron chi connectivity index (χ3n) is 3.98. The van der Waals surface area contributed by atoms with Crippen LogP contribution in [0.1, 0.15) is 21.7 Å². The van der Waals surface area contributed by atoms with E-state index in [1.165, 1.54) is 25.1 Å². The second kappa shape index (κ2) is 9.07. The Bertz CT molecular complexity index is 1050. The minimum absolute atomic E-state index is 0.0617. The zero-order valence-corrected chi connectivity index (χ0v) is 16.7. The summed E-state index contributed by atoms with van der Waals surface area (Å²) >= 11 is 11.9. The molecule has 0 spiro atoms. The summed E-state index contributed by atoms with van der Waals surface area (Å²) < 4.78 is 24.3. The number of hydrogen-bond donors (Lipinski definition) is 1. The Morgan fingerprint density at radius 2 is 1.97 bits per heavy atom. The van der Waals surface area contributed by atoms with E-state index in [4.69, 9.17) is 32.5 Å². The number of rotatable bonds is 6. The number of amides is 1. The van der Waals surface area contributed by atoms with E-state index in [0.29, 0.717) is 5.02 Å². The van der Waals surface area contributed by atoms with Crippen molar-refractivity contribution in [3.05, 3.63) is 75.2 Å². The Balaban J connectivity index is 1.67. The predicted molar refractivity (Wildman–Crippen MR) is 105 cm³/mol. The van der Waals surface area contributed by atoms with Gasteiger partial charge in [0, 0.05) is 11.6 Å². The van der Waals surface area contributed by atoms with Crippen molar-refractivity contribution >= 4 is 35.1 Å². The van der Waals surface area contributed by atoms with E-state index in [9.17, 15) is 14.0 Å². The summed E-state index contributed by atoms with van der Waals surface area (Å²) in [6.45, 7) is 1.16. The second-order valence-electron chi connectivity index (χ2n) is 6.04. The Morgan fingerprint density at radius 3 is 2.69 bits per heavy atom. The topological polar surface area (TPSA) is 81.4 Å². The van der Waals surface area contributed by atoms with Gasteiger partial charge in [0.1, 0.15) is 22.8 Å². The molecule has 0 unspecified atom stereocenters. The molecule has 0 atom stereocenters. The highest BCUT2D eigenvalue weighted by molar-refractivity contribution is 6.33. The highest BCUT2D eigenvalue weighted by atomic mass is 35.5. The van der Waals surface area contributed by atoms with Gasteiger partial charge in [-0.1, -0.05) is 46.6 Å². The fourth-order valence-corrected chi connectivity index (χ4v) is 3.07. The average Bonchev–Trinajstić information content (AvgIpc) is 3.05. The minimum atomic E-state index is -0.879. The lowest BCUT2D eigenvalue weighted by Crippen LogP contribution is -2.28. The Morgan fingerprint density at radius 1 is 1.21 bits per heavy atom. The molecule has 0 aliphatic carbocycles. The van der Waals surface area contributed by atoms with Crippen molar-refractivity contribution in [3.63, 3.8) is 0 Å². The zero-order valence-electron chi connectivity index (χ0n) is 15.2. The van der Waals surface area contributed by atoms with Crippen LogP contribution in [0.2, 0.25) is 10.0 Å². The summed E-state index contributed by atoms with van der Waals surface area (Å²) in [6, 6.07) is 11.0. The summed E-state index contributed by atoms with van der Waals surface area (Å²) in [5.74, 6) is -1.95. The Kier molecular flexibility index (Phi) is 6.51. The minimum Gasteiger partial charge on any atom is -0.452 e. The highest BCUT2D eigenvalue weighted by Crippen LogP contribution is 2.33. The highest BCUT2D eigenvalue weighted by Gasteiger charge is 2.26. The van der Waals surface area contributed by atoms with Crippen LogP contribution in [0.15, 0.2) is 47.0 Å². The molecule has 150 valence electrons. The van der Waals surface area contributed by atoms with E-state index < -0.39 is 24.3 Å². The molecular formula is C20H15Cl2FN2O4. The quantitative estimate of drug-likeness (QED) is 0.572. The summed E-state index contributed by atoms with van der Waals surface area (Å²) in [4.78, 5) is 24.5. The number of aryl methyl sites for hydroxylation is 1. The summed E-state index contributed by atoms with van der Waals surface area (Å²) in [5, 5.41) is 6.95. The standard InChI is InChI=1S/C20H15Cl2FN2O4/c1-11-17(19(25-29-11)18-14(22)6-3-7-15(18)23)20(27)28-10-16(26)24-9-12-4-2-5-13(21)8-12/h2-8H,9-10H2,1H3,(H,24,26). The molecule has 0 fully saturated rings. The largest absolute Gasteiger partial charge is 0.452 e. The molecule has 6 nitrogen and oxygen atoms in total. The van der Waals surface area contributed by atoms with E-state index in [0.717, 1.165) is 5.56 Å². The van der Waals surface area contributed by atoms with Crippen LogP contribution in [0.5, 0.6) is 0 Å². The number of hydrogen-bond acceptors (Lipinski definition) is 5. The molecule has 0 radical (unpaired) electrons. The van der Waals surface area contributed by atoms with E-state index in [2.05, 4.69) is 10.5 Å². The lowest BCUT2D eigenvalue weighted by Gasteiger charge is -2.08. The molecule has 9 heteroatoms. The van der Waals surface area contributed by atoms with Gasteiger partial charge in [0.05, 0.1) is 10.6 Å². The normalized spacial score (nSPS) is 10.6. The van der Waals surface area contributed by atoms with Crippen molar-refractivity contribution < 1.29 is 23.2 Å². The van der Waals surface area contributed by atoms with Crippen LogP contribution in [0.4, 0.5) is 4.39 Å². The average molecular weight is 437 g/mol. The van der Waals surface area contributed by atoms with Crippen LogP contribution in [-0.2, 0) is 16.1 Å². The maximum atomic E-state index is 14.2. The molecule has 0 aliphatic heterocycles. The molecule has 0 aliphatic rings. The molecule has 3 rings (SSSR count).